The lowest BCUT2D eigenvalue weighted by molar-refractivity contribution is -0.115. The number of benzene rings is 1. The van der Waals surface area contributed by atoms with Gasteiger partial charge >= 0.3 is 0 Å². The number of hydrogen-bond acceptors (Lipinski definition) is 6. The van der Waals surface area contributed by atoms with Gasteiger partial charge < -0.3 is 14.5 Å². The molecule has 0 amide bonds. The normalized spacial score (nSPS) is 20.0. The molecule has 0 spiro atoms. The molecule has 0 saturated heterocycles. The molecule has 0 atom stereocenters. The van der Waals surface area contributed by atoms with E-state index in [1.54, 1.807) is 7.11 Å². The van der Waals surface area contributed by atoms with Crippen molar-refractivity contribution in [2.75, 3.05) is 38.8 Å². The molecular weight excluding hydrogens is 500 g/mol. The summed E-state index contributed by atoms with van der Waals surface area (Å²) in [6.07, 6.45) is 10.7. The van der Waals surface area contributed by atoms with E-state index in [0.717, 1.165) is 90.5 Å². The van der Waals surface area contributed by atoms with E-state index in [0.29, 0.717) is 31.3 Å². The number of hydrogen-bond donors (Lipinski definition) is 0. The fourth-order valence-corrected chi connectivity index (χ4v) is 6.87. The van der Waals surface area contributed by atoms with Crippen LogP contribution < -0.4 is 4.90 Å². The van der Waals surface area contributed by atoms with Crippen molar-refractivity contribution in [3.05, 3.63) is 46.2 Å². The maximum Gasteiger partial charge on any atom is 0.163 e. The molecule has 2 aromatic rings. The number of ketones is 2. The van der Waals surface area contributed by atoms with Crippen molar-refractivity contribution in [2.45, 2.75) is 91.1 Å². The zero-order valence-corrected chi connectivity index (χ0v) is 25.7. The highest BCUT2D eigenvalue weighted by molar-refractivity contribution is 6.07. The number of Topliss-reactive ketones (excluding diaryl/α,β-unsaturated/α-hetero) is 2. The van der Waals surface area contributed by atoms with Crippen molar-refractivity contribution in [3.8, 4) is 0 Å². The molecule has 218 valence electrons. The number of methoxy groups -OCH3 is 1. The summed E-state index contributed by atoms with van der Waals surface area (Å²) < 4.78 is 7.18. The summed E-state index contributed by atoms with van der Waals surface area (Å²) >= 11 is 0. The largest absolute Gasteiger partial charge is 0.383 e. The SMILES string of the molecule is CCc1c(C(=O)CCC2=C(C)C=C(C)CC2=O)cc2c(cnn2C)c1N(CC)C1CCC(N(C)CCOC)CC1. The van der Waals surface area contributed by atoms with Crippen LogP contribution in [0, 0.1) is 0 Å². The lowest BCUT2D eigenvalue weighted by atomic mass is 9.86. The molecule has 0 aliphatic heterocycles. The number of likely N-dealkylation sites (N-methyl/N-ethyl adjacent to an activating group) is 1. The summed E-state index contributed by atoms with van der Waals surface area (Å²) in [6.45, 7) is 11.0. The number of rotatable bonds is 12. The van der Waals surface area contributed by atoms with Crippen molar-refractivity contribution < 1.29 is 14.3 Å². The molecule has 1 aromatic heterocycles. The molecule has 7 nitrogen and oxygen atoms in total. The molecule has 0 unspecified atom stereocenters. The van der Waals surface area contributed by atoms with Crippen molar-refractivity contribution >= 4 is 28.2 Å². The van der Waals surface area contributed by atoms with E-state index in [2.05, 4.69) is 41.9 Å². The number of carbonyl (C=O) groups excluding carboxylic acids is 2. The number of nitrogens with zero attached hydrogens (tertiary/aromatic N) is 4. The number of aryl methyl sites for hydroxylation is 1. The first kappa shape index (κ1) is 30.2. The number of anilines is 1. The molecule has 2 aliphatic rings. The number of allylic oxidation sites excluding steroid dienone is 4. The van der Waals surface area contributed by atoms with Crippen LogP contribution in [0.2, 0.25) is 0 Å². The van der Waals surface area contributed by atoms with E-state index >= 15 is 0 Å². The fraction of sp³-hybridized carbons (Fsp3) is 0.606. The third-order valence-corrected chi connectivity index (χ3v) is 9.11. The summed E-state index contributed by atoms with van der Waals surface area (Å²) in [5, 5.41) is 5.73. The van der Waals surface area contributed by atoms with Crippen LogP contribution in [0.1, 0.15) is 88.6 Å². The summed E-state index contributed by atoms with van der Waals surface area (Å²) in [7, 11) is 5.92. The average Bonchev–Trinajstić information content (AvgIpc) is 3.31. The van der Waals surface area contributed by atoms with Gasteiger partial charge in [0.1, 0.15) is 0 Å². The molecule has 4 rings (SSSR count). The Bertz CT molecular complexity index is 1300. The molecule has 1 saturated carbocycles. The maximum absolute atomic E-state index is 13.9. The van der Waals surface area contributed by atoms with Crippen molar-refractivity contribution in [2.24, 2.45) is 7.05 Å². The van der Waals surface area contributed by atoms with Gasteiger partial charge in [-0.2, -0.15) is 5.10 Å². The van der Waals surface area contributed by atoms with Gasteiger partial charge in [0.2, 0.25) is 0 Å². The van der Waals surface area contributed by atoms with E-state index in [9.17, 15) is 9.59 Å². The summed E-state index contributed by atoms with van der Waals surface area (Å²) in [5.41, 5.74) is 6.97. The molecule has 7 heteroatoms. The van der Waals surface area contributed by atoms with Gasteiger partial charge in [-0.1, -0.05) is 18.6 Å². The Balaban J connectivity index is 1.64. The second kappa shape index (κ2) is 13.3. The number of aromatic nitrogens is 2. The number of fused-ring (bicyclic) bond motifs is 1. The first-order chi connectivity index (χ1) is 19.2. The smallest absolute Gasteiger partial charge is 0.163 e. The van der Waals surface area contributed by atoms with E-state index in [-0.39, 0.29) is 11.6 Å². The highest BCUT2D eigenvalue weighted by Gasteiger charge is 2.31. The lowest BCUT2D eigenvalue weighted by Crippen LogP contribution is -2.44. The van der Waals surface area contributed by atoms with Crippen LogP contribution in [0.4, 0.5) is 5.69 Å². The van der Waals surface area contributed by atoms with Gasteiger partial charge in [-0.25, -0.2) is 0 Å². The van der Waals surface area contributed by atoms with Crippen molar-refractivity contribution in [3.63, 3.8) is 0 Å². The fourth-order valence-electron chi connectivity index (χ4n) is 6.87. The quantitative estimate of drug-likeness (QED) is 0.301. The summed E-state index contributed by atoms with van der Waals surface area (Å²) in [4.78, 5) is 31.6. The average molecular weight is 549 g/mol. The van der Waals surface area contributed by atoms with Crippen LogP contribution in [0.5, 0.6) is 0 Å². The molecule has 1 fully saturated rings. The maximum atomic E-state index is 13.9. The summed E-state index contributed by atoms with van der Waals surface area (Å²) in [5.74, 6) is 0.268. The van der Waals surface area contributed by atoms with Gasteiger partial charge in [-0.3, -0.25) is 14.3 Å². The van der Waals surface area contributed by atoms with Gasteiger partial charge in [0.25, 0.3) is 0 Å². The minimum Gasteiger partial charge on any atom is -0.383 e. The molecular formula is C33H48N4O3. The molecule has 2 aliphatic carbocycles. The zero-order valence-electron chi connectivity index (χ0n) is 25.7. The van der Waals surface area contributed by atoms with Gasteiger partial charge in [0, 0.05) is 63.1 Å². The first-order valence-electron chi connectivity index (χ1n) is 15.1. The Labute approximate surface area is 240 Å². The van der Waals surface area contributed by atoms with Crippen molar-refractivity contribution in [1.82, 2.24) is 14.7 Å². The van der Waals surface area contributed by atoms with Crippen LogP contribution in [-0.2, 0) is 23.0 Å². The van der Waals surface area contributed by atoms with Crippen LogP contribution in [0.25, 0.3) is 10.9 Å². The first-order valence-corrected chi connectivity index (χ1v) is 15.1. The summed E-state index contributed by atoms with van der Waals surface area (Å²) in [6, 6.07) is 3.05. The van der Waals surface area contributed by atoms with Gasteiger partial charge in [0.15, 0.2) is 11.6 Å². The molecule has 0 bridgehead atoms. The predicted molar refractivity (Wildman–Crippen MR) is 163 cm³/mol. The zero-order chi connectivity index (χ0) is 29.0. The Kier molecular flexibility index (Phi) is 10.0. The highest BCUT2D eigenvalue weighted by Crippen LogP contribution is 2.39. The van der Waals surface area contributed by atoms with E-state index in [4.69, 9.17) is 4.74 Å². The molecule has 40 heavy (non-hydrogen) atoms. The van der Waals surface area contributed by atoms with Crippen LogP contribution in [-0.4, -0.2) is 72.2 Å². The van der Waals surface area contributed by atoms with E-state index < -0.39 is 0 Å². The Morgan fingerprint density at radius 3 is 2.48 bits per heavy atom. The Morgan fingerprint density at radius 1 is 1.15 bits per heavy atom. The van der Waals surface area contributed by atoms with Gasteiger partial charge in [-0.05, 0) is 89.1 Å². The lowest BCUT2D eigenvalue weighted by Gasteiger charge is -2.41. The topological polar surface area (TPSA) is 67.7 Å². The minimum absolute atomic E-state index is 0.111. The molecule has 0 N–H and O–H groups in total. The van der Waals surface area contributed by atoms with Gasteiger partial charge in [-0.15, -0.1) is 0 Å². The third kappa shape index (κ3) is 6.26. The Hall–Kier alpha value is -2.77. The Morgan fingerprint density at radius 2 is 1.85 bits per heavy atom. The standard InChI is InChI=1S/C33H48N4O3/c1-8-26-28(31(38)15-14-27-23(4)18-22(3)19-32(27)39)20-30-29(21-34-36(30)6)33(26)37(9-2)25-12-10-24(11-13-25)35(5)16-17-40-7/h18,20-21,24-25H,8-17,19H2,1-7H3. The predicted octanol–water partition coefficient (Wildman–Crippen LogP) is 6.05. The number of carbonyl (C=O) groups is 2. The molecule has 1 aromatic carbocycles. The minimum atomic E-state index is 0.111. The van der Waals surface area contributed by atoms with Crippen LogP contribution in [0.15, 0.2) is 35.1 Å². The van der Waals surface area contributed by atoms with E-state index in [1.807, 2.05) is 37.8 Å². The second-order valence-corrected chi connectivity index (χ2v) is 11.7. The van der Waals surface area contributed by atoms with Crippen molar-refractivity contribution in [1.29, 1.82) is 0 Å². The third-order valence-electron chi connectivity index (χ3n) is 9.11. The number of ether oxygens (including phenoxy) is 1. The monoisotopic (exact) mass is 548 g/mol. The van der Waals surface area contributed by atoms with E-state index in [1.165, 1.54) is 5.69 Å². The van der Waals surface area contributed by atoms with Gasteiger partial charge in [0.05, 0.1) is 24.0 Å². The second-order valence-electron chi connectivity index (χ2n) is 11.7. The van der Waals surface area contributed by atoms with Crippen LogP contribution >= 0.6 is 0 Å². The molecule has 1 heterocycles. The molecule has 0 radical (unpaired) electrons. The van der Waals surface area contributed by atoms with Crippen LogP contribution in [0.3, 0.4) is 0 Å². The highest BCUT2D eigenvalue weighted by atomic mass is 16.5.